The number of rotatable bonds is 3. The Labute approximate surface area is 136 Å². The van der Waals surface area contributed by atoms with Gasteiger partial charge in [0.2, 0.25) is 0 Å². The lowest BCUT2D eigenvalue weighted by Crippen LogP contribution is -2.25. The summed E-state index contributed by atoms with van der Waals surface area (Å²) in [5.41, 5.74) is 2.06. The number of fused-ring (bicyclic) bond motifs is 1. The van der Waals surface area contributed by atoms with Crippen molar-refractivity contribution in [2.75, 3.05) is 17.2 Å². The number of hydrogen-bond acceptors (Lipinski definition) is 5. The van der Waals surface area contributed by atoms with Crippen LogP contribution >= 0.6 is 0 Å². The number of benzene rings is 2. The number of nitrogens with one attached hydrogen (secondary N) is 2. The molecule has 7 heteroatoms. The number of halogens is 1. The molecular formula is C17H12FN3O3. The van der Waals surface area contributed by atoms with E-state index in [-0.39, 0.29) is 18.3 Å². The second-order valence-electron chi connectivity index (χ2n) is 5.21. The zero-order valence-corrected chi connectivity index (χ0v) is 12.4. The quantitative estimate of drug-likeness (QED) is 0.770. The van der Waals surface area contributed by atoms with Crippen LogP contribution in [0.25, 0.3) is 11.3 Å². The highest BCUT2D eigenvalue weighted by Gasteiger charge is 2.16. The molecule has 0 saturated heterocycles. The lowest BCUT2D eigenvalue weighted by Gasteiger charge is -2.18. The first-order valence-corrected chi connectivity index (χ1v) is 7.23. The maximum Gasteiger partial charge on any atom is 0.299 e. The molecule has 0 atom stereocenters. The molecule has 0 bridgehead atoms. The summed E-state index contributed by atoms with van der Waals surface area (Å²) in [5, 5.41) is 5.74. The van der Waals surface area contributed by atoms with Crippen molar-refractivity contribution in [3.63, 3.8) is 0 Å². The van der Waals surface area contributed by atoms with E-state index in [9.17, 15) is 9.18 Å². The third-order valence-electron chi connectivity index (χ3n) is 3.50. The zero-order chi connectivity index (χ0) is 16.5. The molecule has 3 aromatic rings. The summed E-state index contributed by atoms with van der Waals surface area (Å²) in [6.45, 7) is -0.00975. The molecule has 2 aromatic carbocycles. The van der Waals surface area contributed by atoms with E-state index in [2.05, 4.69) is 15.6 Å². The molecule has 0 aliphatic carbocycles. The van der Waals surface area contributed by atoms with E-state index < -0.39 is 0 Å². The average Bonchev–Trinajstić information content (AvgIpc) is 3.04. The Kier molecular flexibility index (Phi) is 3.38. The summed E-state index contributed by atoms with van der Waals surface area (Å²) in [5.74, 6) is 0.613. The van der Waals surface area contributed by atoms with Gasteiger partial charge in [-0.3, -0.25) is 4.79 Å². The van der Waals surface area contributed by atoms with Gasteiger partial charge in [0, 0.05) is 17.3 Å². The second kappa shape index (κ2) is 5.69. The Morgan fingerprint density at radius 1 is 1.17 bits per heavy atom. The predicted molar refractivity (Wildman–Crippen MR) is 85.7 cm³/mol. The van der Waals surface area contributed by atoms with E-state index >= 15 is 0 Å². The number of hydrogen-bond donors (Lipinski definition) is 2. The van der Waals surface area contributed by atoms with Crippen LogP contribution in [0.2, 0.25) is 0 Å². The second-order valence-corrected chi connectivity index (χ2v) is 5.21. The minimum Gasteiger partial charge on any atom is -0.482 e. The average molecular weight is 325 g/mol. The molecule has 2 heterocycles. The molecule has 1 aliphatic heterocycles. The molecule has 0 unspecified atom stereocenters. The molecule has 120 valence electrons. The summed E-state index contributed by atoms with van der Waals surface area (Å²) in [7, 11) is 0. The van der Waals surface area contributed by atoms with Crippen molar-refractivity contribution in [3.05, 3.63) is 54.5 Å². The fourth-order valence-corrected chi connectivity index (χ4v) is 2.36. The van der Waals surface area contributed by atoms with Crippen molar-refractivity contribution >= 4 is 23.3 Å². The van der Waals surface area contributed by atoms with Crippen LogP contribution in [0.3, 0.4) is 0 Å². The molecule has 0 spiro atoms. The van der Waals surface area contributed by atoms with Crippen molar-refractivity contribution in [2.24, 2.45) is 0 Å². The van der Waals surface area contributed by atoms with Gasteiger partial charge in [0.15, 0.2) is 12.4 Å². The number of carbonyl (C=O) groups excluding carboxylic acids is 1. The number of carbonyl (C=O) groups is 1. The number of aromatic nitrogens is 1. The van der Waals surface area contributed by atoms with Crippen molar-refractivity contribution in [3.8, 4) is 17.1 Å². The summed E-state index contributed by atoms with van der Waals surface area (Å²) in [4.78, 5) is 15.4. The smallest absolute Gasteiger partial charge is 0.299 e. The lowest BCUT2D eigenvalue weighted by atomic mass is 10.2. The van der Waals surface area contributed by atoms with Gasteiger partial charge in [-0.05, 0) is 36.4 Å². The van der Waals surface area contributed by atoms with E-state index in [1.165, 1.54) is 12.1 Å². The zero-order valence-electron chi connectivity index (χ0n) is 12.4. The van der Waals surface area contributed by atoms with Gasteiger partial charge in [-0.2, -0.15) is 0 Å². The van der Waals surface area contributed by atoms with E-state index in [0.717, 1.165) is 5.56 Å². The topological polar surface area (TPSA) is 76.4 Å². The fraction of sp³-hybridized carbons (Fsp3) is 0.0588. The number of oxazole rings is 1. The highest BCUT2D eigenvalue weighted by atomic mass is 19.1. The fourth-order valence-electron chi connectivity index (χ4n) is 2.36. The van der Waals surface area contributed by atoms with Crippen molar-refractivity contribution < 1.29 is 18.3 Å². The highest BCUT2D eigenvalue weighted by molar-refractivity contribution is 5.95. The summed E-state index contributed by atoms with van der Waals surface area (Å²) >= 11 is 0. The van der Waals surface area contributed by atoms with Crippen LogP contribution in [0.4, 0.5) is 21.8 Å². The lowest BCUT2D eigenvalue weighted by molar-refractivity contribution is -0.118. The Balaban J connectivity index is 1.54. The molecule has 24 heavy (non-hydrogen) atoms. The maximum absolute atomic E-state index is 13.0. The molecule has 1 amide bonds. The van der Waals surface area contributed by atoms with Gasteiger partial charge in [-0.25, -0.2) is 9.37 Å². The van der Waals surface area contributed by atoms with E-state index in [1.807, 2.05) is 0 Å². The van der Waals surface area contributed by atoms with Crippen molar-refractivity contribution in [1.82, 2.24) is 4.98 Å². The van der Waals surface area contributed by atoms with Crippen molar-refractivity contribution in [1.29, 1.82) is 0 Å². The Morgan fingerprint density at radius 3 is 2.83 bits per heavy atom. The van der Waals surface area contributed by atoms with Gasteiger partial charge in [0.1, 0.15) is 11.6 Å². The Hall–Kier alpha value is -3.35. The van der Waals surface area contributed by atoms with Crippen LogP contribution in [-0.4, -0.2) is 17.5 Å². The van der Waals surface area contributed by atoms with Gasteiger partial charge in [0.25, 0.3) is 11.9 Å². The van der Waals surface area contributed by atoms with Gasteiger partial charge >= 0.3 is 0 Å². The van der Waals surface area contributed by atoms with Crippen LogP contribution in [0, 0.1) is 5.82 Å². The van der Waals surface area contributed by atoms with Gasteiger partial charge in [-0.1, -0.05) is 0 Å². The molecule has 1 aliphatic rings. The van der Waals surface area contributed by atoms with Crippen LogP contribution < -0.4 is 15.4 Å². The van der Waals surface area contributed by atoms with Crippen LogP contribution in [0.1, 0.15) is 0 Å². The highest BCUT2D eigenvalue weighted by Crippen LogP contribution is 2.32. The molecule has 1 aromatic heterocycles. The van der Waals surface area contributed by atoms with Crippen molar-refractivity contribution in [2.45, 2.75) is 0 Å². The monoisotopic (exact) mass is 325 g/mol. The summed E-state index contributed by atoms with van der Waals surface area (Å²) in [6.07, 6.45) is 1.56. The summed E-state index contributed by atoms with van der Waals surface area (Å²) < 4.78 is 23.9. The third-order valence-corrected chi connectivity index (χ3v) is 3.50. The van der Waals surface area contributed by atoms with Crippen LogP contribution in [0.5, 0.6) is 5.75 Å². The number of nitrogens with zero attached hydrogens (tertiary/aromatic N) is 1. The molecule has 4 rings (SSSR count). The number of ether oxygens (including phenoxy) is 1. The van der Waals surface area contributed by atoms with E-state index in [4.69, 9.17) is 9.15 Å². The van der Waals surface area contributed by atoms with Gasteiger partial charge < -0.3 is 19.8 Å². The summed E-state index contributed by atoms with van der Waals surface area (Å²) in [6, 6.07) is 11.5. The molecule has 0 fully saturated rings. The van der Waals surface area contributed by atoms with Crippen LogP contribution in [0.15, 0.2) is 53.1 Å². The normalized spacial score (nSPS) is 13.0. The first-order chi connectivity index (χ1) is 11.7. The minimum absolute atomic E-state index is 0.00975. The molecule has 6 nitrogen and oxygen atoms in total. The molecular weight excluding hydrogens is 313 g/mol. The maximum atomic E-state index is 13.0. The SMILES string of the molecule is O=C1COc2cc(Nc3ncc(-c4ccc(F)cc4)o3)ccc2N1. The largest absolute Gasteiger partial charge is 0.482 e. The van der Waals surface area contributed by atoms with Crippen LogP contribution in [-0.2, 0) is 4.79 Å². The van der Waals surface area contributed by atoms with Gasteiger partial charge in [0.05, 0.1) is 11.9 Å². The van der Waals surface area contributed by atoms with E-state index in [1.54, 1.807) is 36.5 Å². The number of anilines is 3. The van der Waals surface area contributed by atoms with E-state index in [0.29, 0.717) is 28.9 Å². The standard InChI is InChI=1S/C17H12FN3O3/c18-11-3-1-10(2-4-11)15-8-19-17(24-15)20-12-5-6-13-14(7-12)23-9-16(22)21-13/h1-8H,9H2,(H,19,20)(H,21,22). The first kappa shape index (κ1) is 14.3. The van der Waals surface area contributed by atoms with Gasteiger partial charge in [-0.15, -0.1) is 0 Å². The third kappa shape index (κ3) is 2.79. The Morgan fingerprint density at radius 2 is 2.00 bits per heavy atom. The molecule has 2 N–H and O–H groups in total. The molecule has 0 saturated carbocycles. The number of amides is 1. The first-order valence-electron chi connectivity index (χ1n) is 7.23. The predicted octanol–water partition coefficient (Wildman–Crippen LogP) is 3.56. The molecule has 0 radical (unpaired) electrons. The minimum atomic E-state index is -0.308. The Bertz CT molecular complexity index is 906.